The van der Waals surface area contributed by atoms with Crippen LogP contribution in [0.25, 0.3) is 10.8 Å². The van der Waals surface area contributed by atoms with Gasteiger partial charge in [-0.1, -0.05) is 41.9 Å². The predicted octanol–water partition coefficient (Wildman–Crippen LogP) is 6.00. The fourth-order valence-corrected chi connectivity index (χ4v) is 4.45. The van der Waals surface area contributed by atoms with Crippen LogP contribution in [0.1, 0.15) is 42.5 Å². The zero-order valence-electron chi connectivity index (χ0n) is 17.2. The van der Waals surface area contributed by atoms with Gasteiger partial charge in [-0.25, -0.2) is 4.79 Å². The Morgan fingerprint density at radius 3 is 2.61 bits per heavy atom. The van der Waals surface area contributed by atoms with Crippen molar-refractivity contribution in [2.24, 2.45) is 0 Å². The molecule has 0 aliphatic heterocycles. The molecule has 0 atom stereocenters. The lowest BCUT2D eigenvalue weighted by molar-refractivity contribution is -0.139. The molecule has 1 fully saturated rings. The zero-order chi connectivity index (χ0) is 22.2. The van der Waals surface area contributed by atoms with E-state index < -0.39 is 22.8 Å². The smallest absolute Gasteiger partial charge is 0.381 e. The van der Waals surface area contributed by atoms with Crippen molar-refractivity contribution in [3.63, 3.8) is 0 Å². The molecule has 7 heteroatoms. The van der Waals surface area contributed by atoms with Crippen LogP contribution in [0.15, 0.2) is 63.9 Å². The van der Waals surface area contributed by atoms with Gasteiger partial charge in [-0.15, -0.1) is 0 Å². The Bertz CT molecular complexity index is 1190. The maximum absolute atomic E-state index is 13.6. The van der Waals surface area contributed by atoms with E-state index in [2.05, 4.69) is 17.1 Å². The number of aromatic nitrogens is 1. The zero-order valence-corrected chi connectivity index (χ0v) is 17.2. The summed E-state index contributed by atoms with van der Waals surface area (Å²) < 4.78 is 45.4. The van der Waals surface area contributed by atoms with Crippen molar-refractivity contribution >= 4 is 16.5 Å². The third-order valence-electron chi connectivity index (χ3n) is 6.14. The Labute approximate surface area is 177 Å². The molecule has 31 heavy (non-hydrogen) atoms. The van der Waals surface area contributed by atoms with Crippen LogP contribution < -0.4 is 10.9 Å². The molecule has 0 saturated heterocycles. The number of aryl methyl sites for hydroxylation is 1. The molecule has 1 aliphatic rings. The number of hydrogen-bond donors (Lipinski definition) is 1. The normalized spacial score (nSPS) is 15.5. The number of rotatable bonds is 6. The number of anilines is 1. The van der Waals surface area contributed by atoms with E-state index in [0.29, 0.717) is 35.0 Å². The van der Waals surface area contributed by atoms with Gasteiger partial charge in [0.1, 0.15) is 0 Å². The lowest BCUT2D eigenvalue weighted by Crippen LogP contribution is -2.37. The third-order valence-corrected chi connectivity index (χ3v) is 6.14. The van der Waals surface area contributed by atoms with Crippen molar-refractivity contribution in [2.45, 2.75) is 44.2 Å². The molecule has 4 nitrogen and oxygen atoms in total. The number of nitrogens with zero attached hydrogens (tertiary/aromatic N) is 1. The topological polar surface area (TPSA) is 55.1 Å². The predicted molar refractivity (Wildman–Crippen MR) is 114 cm³/mol. The summed E-state index contributed by atoms with van der Waals surface area (Å²) >= 11 is 0. The van der Waals surface area contributed by atoms with E-state index in [0.717, 1.165) is 30.5 Å². The summed E-state index contributed by atoms with van der Waals surface area (Å²) in [6, 6.07) is 11.1. The van der Waals surface area contributed by atoms with Crippen molar-refractivity contribution < 1.29 is 17.7 Å². The summed E-state index contributed by atoms with van der Waals surface area (Å²) in [6.45, 7) is 6.31. The fourth-order valence-electron chi connectivity index (χ4n) is 4.45. The molecule has 1 saturated carbocycles. The quantitative estimate of drug-likeness (QED) is 0.490. The summed E-state index contributed by atoms with van der Waals surface area (Å²) in [5.41, 5.74) is 1.02. The van der Waals surface area contributed by atoms with Crippen molar-refractivity contribution in [3.8, 4) is 0 Å². The molecule has 0 radical (unpaired) electrons. The van der Waals surface area contributed by atoms with Gasteiger partial charge in [0.2, 0.25) is 0 Å². The van der Waals surface area contributed by atoms with E-state index in [-0.39, 0.29) is 0 Å². The van der Waals surface area contributed by atoms with Crippen LogP contribution in [0.3, 0.4) is 0 Å². The SMILES string of the molecule is C=C(CNc1ccc2c(=O)onc(C)c2c1)CC1(c2ccccc2C(F)(F)F)CCC1. The Hall–Kier alpha value is -3.09. The average Bonchev–Trinajstić information content (AvgIpc) is 2.71. The second-order valence-electron chi connectivity index (χ2n) is 8.27. The molecule has 0 spiro atoms. The number of hydrogen-bond acceptors (Lipinski definition) is 4. The Balaban J connectivity index is 1.51. The minimum absolute atomic E-state index is 0.369. The molecule has 2 aromatic carbocycles. The van der Waals surface area contributed by atoms with Crippen LogP contribution in [0, 0.1) is 6.92 Å². The molecule has 1 aliphatic carbocycles. The number of halogens is 3. The van der Waals surface area contributed by atoms with Crippen LogP contribution in [0.4, 0.5) is 18.9 Å². The van der Waals surface area contributed by atoms with Crippen LogP contribution >= 0.6 is 0 Å². The lowest BCUT2D eigenvalue weighted by Gasteiger charge is -2.44. The first-order chi connectivity index (χ1) is 14.7. The van der Waals surface area contributed by atoms with Gasteiger partial charge in [0.15, 0.2) is 0 Å². The van der Waals surface area contributed by atoms with Gasteiger partial charge >= 0.3 is 11.8 Å². The van der Waals surface area contributed by atoms with Crippen LogP contribution in [-0.2, 0) is 11.6 Å². The molecule has 0 unspecified atom stereocenters. The standard InChI is InChI=1S/C24H23F3N2O2/c1-15(14-28-17-8-9-18-19(12-17)16(2)29-31-22(18)30)13-23(10-5-11-23)20-6-3-4-7-21(20)24(25,26)27/h3-4,6-9,12,28H,1,5,10-11,13-14H2,2H3. The molecule has 0 amide bonds. The van der Waals surface area contributed by atoms with Gasteiger partial charge < -0.3 is 9.84 Å². The average molecular weight is 428 g/mol. The maximum atomic E-state index is 13.6. The van der Waals surface area contributed by atoms with E-state index in [1.807, 2.05) is 6.07 Å². The van der Waals surface area contributed by atoms with E-state index in [9.17, 15) is 18.0 Å². The maximum Gasteiger partial charge on any atom is 0.416 e. The molecule has 162 valence electrons. The Morgan fingerprint density at radius 1 is 1.19 bits per heavy atom. The monoisotopic (exact) mass is 428 g/mol. The summed E-state index contributed by atoms with van der Waals surface area (Å²) in [4.78, 5) is 11.8. The molecule has 1 aromatic heterocycles. The van der Waals surface area contributed by atoms with Crippen molar-refractivity contribution in [2.75, 3.05) is 11.9 Å². The molecule has 0 bridgehead atoms. The van der Waals surface area contributed by atoms with Gasteiger partial charge in [0, 0.05) is 17.6 Å². The summed E-state index contributed by atoms with van der Waals surface area (Å²) in [6.07, 6.45) is -1.54. The van der Waals surface area contributed by atoms with Crippen LogP contribution in [0.2, 0.25) is 0 Å². The molecule has 1 heterocycles. The van der Waals surface area contributed by atoms with Crippen molar-refractivity contribution in [1.29, 1.82) is 0 Å². The summed E-state index contributed by atoms with van der Waals surface area (Å²) in [5, 5.41) is 8.16. The van der Waals surface area contributed by atoms with Gasteiger partial charge in [-0.2, -0.15) is 13.2 Å². The number of benzene rings is 2. The summed E-state index contributed by atoms with van der Waals surface area (Å²) in [5.74, 6) is 0. The van der Waals surface area contributed by atoms with Crippen LogP contribution in [0.5, 0.6) is 0 Å². The largest absolute Gasteiger partial charge is 0.416 e. The van der Waals surface area contributed by atoms with Gasteiger partial charge in [-0.05, 0) is 61.4 Å². The molecule has 3 aromatic rings. The van der Waals surface area contributed by atoms with Crippen molar-refractivity contribution in [3.05, 3.63) is 81.9 Å². The van der Waals surface area contributed by atoms with E-state index >= 15 is 0 Å². The minimum atomic E-state index is -4.37. The lowest BCUT2D eigenvalue weighted by atomic mass is 9.60. The fraction of sp³-hybridized carbons (Fsp3) is 0.333. The van der Waals surface area contributed by atoms with Gasteiger partial charge in [-0.3, -0.25) is 0 Å². The molecular weight excluding hydrogens is 405 g/mol. The van der Waals surface area contributed by atoms with Crippen LogP contribution in [-0.4, -0.2) is 11.7 Å². The molecule has 4 rings (SSSR count). The highest BCUT2D eigenvalue weighted by Gasteiger charge is 2.45. The van der Waals surface area contributed by atoms with Gasteiger partial charge in [0.25, 0.3) is 0 Å². The second kappa shape index (κ2) is 7.87. The summed E-state index contributed by atoms with van der Waals surface area (Å²) in [7, 11) is 0. The van der Waals surface area contributed by atoms with Gasteiger partial charge in [0.05, 0.1) is 16.6 Å². The number of nitrogens with one attached hydrogen (secondary N) is 1. The molecule has 1 N–H and O–H groups in total. The highest BCUT2D eigenvalue weighted by atomic mass is 19.4. The number of fused-ring (bicyclic) bond motifs is 1. The van der Waals surface area contributed by atoms with E-state index in [4.69, 9.17) is 4.52 Å². The van der Waals surface area contributed by atoms with E-state index in [1.54, 1.807) is 31.2 Å². The second-order valence-corrected chi connectivity index (χ2v) is 8.27. The first kappa shape index (κ1) is 21.2. The first-order valence-electron chi connectivity index (χ1n) is 10.2. The van der Waals surface area contributed by atoms with Crippen molar-refractivity contribution in [1.82, 2.24) is 5.16 Å². The minimum Gasteiger partial charge on any atom is -0.381 e. The highest BCUT2D eigenvalue weighted by Crippen LogP contribution is 2.51. The first-order valence-corrected chi connectivity index (χ1v) is 10.2. The van der Waals surface area contributed by atoms with E-state index in [1.165, 1.54) is 12.1 Å². The highest BCUT2D eigenvalue weighted by molar-refractivity contribution is 5.86. The molecular formula is C24H23F3N2O2. The Morgan fingerprint density at radius 2 is 1.94 bits per heavy atom. The third kappa shape index (κ3) is 4.09. The Kier molecular flexibility index (Phi) is 5.37. The number of alkyl halides is 3.